The summed E-state index contributed by atoms with van der Waals surface area (Å²) in [5.41, 5.74) is 1.35. The van der Waals surface area contributed by atoms with Crippen molar-refractivity contribution in [1.29, 1.82) is 0 Å². The van der Waals surface area contributed by atoms with Gasteiger partial charge < -0.3 is 10.4 Å². The van der Waals surface area contributed by atoms with Gasteiger partial charge in [0.1, 0.15) is 0 Å². The maximum atomic E-state index is 11.9. The number of carbonyl (C=O) groups is 1. The quantitative estimate of drug-likeness (QED) is 0.793. The number of amides is 1. The van der Waals surface area contributed by atoms with Crippen LogP contribution in [0.2, 0.25) is 0 Å². The molecule has 20 heavy (non-hydrogen) atoms. The lowest BCUT2D eigenvalue weighted by Crippen LogP contribution is -2.32. The number of hydrogen-bond acceptors (Lipinski definition) is 3. The van der Waals surface area contributed by atoms with Crippen LogP contribution in [0.4, 0.5) is 0 Å². The summed E-state index contributed by atoms with van der Waals surface area (Å²) in [6.07, 6.45) is 2.06. The smallest absolute Gasteiger partial charge is 0.251 e. The van der Waals surface area contributed by atoms with Gasteiger partial charge in [-0.05, 0) is 31.2 Å². The van der Waals surface area contributed by atoms with Crippen LogP contribution in [-0.4, -0.2) is 39.9 Å². The van der Waals surface area contributed by atoms with Gasteiger partial charge in [0.15, 0.2) is 0 Å². The highest BCUT2D eigenvalue weighted by atomic mass is 32.2. The van der Waals surface area contributed by atoms with Gasteiger partial charge in [0.25, 0.3) is 5.91 Å². The number of nitrogens with one attached hydrogen (secondary N) is 1. The van der Waals surface area contributed by atoms with E-state index in [1.807, 2.05) is 6.92 Å². The molecule has 1 aromatic rings. The molecule has 0 fully saturated rings. The predicted octanol–water partition coefficient (Wildman–Crippen LogP) is 0.917. The van der Waals surface area contributed by atoms with E-state index in [1.165, 1.54) is 0 Å². The van der Waals surface area contributed by atoms with Gasteiger partial charge in [0.05, 0.1) is 6.61 Å². The molecule has 0 aromatic heterocycles. The lowest BCUT2D eigenvalue weighted by atomic mass is 10.1. The van der Waals surface area contributed by atoms with Gasteiger partial charge in [-0.3, -0.25) is 9.00 Å². The first-order valence-electron chi connectivity index (χ1n) is 6.35. The zero-order valence-corrected chi connectivity index (χ0v) is 12.5. The third-order valence-electron chi connectivity index (χ3n) is 2.73. The van der Waals surface area contributed by atoms with E-state index in [4.69, 9.17) is 5.11 Å². The fourth-order valence-electron chi connectivity index (χ4n) is 1.38. The van der Waals surface area contributed by atoms with Gasteiger partial charge in [-0.2, -0.15) is 0 Å². The standard InChI is InChI=1S/C15H19NO3S/c1-12(20(2)19)11-16-15(18)14-8-6-13(7-9-14)5-3-4-10-17/h6-9,12,17H,4,10-11H2,1-2H3,(H,16,18). The Balaban J connectivity index is 2.58. The maximum absolute atomic E-state index is 11.9. The van der Waals surface area contributed by atoms with Gasteiger partial charge in [-0.25, -0.2) is 0 Å². The first-order valence-corrected chi connectivity index (χ1v) is 7.97. The largest absolute Gasteiger partial charge is 0.395 e. The molecular weight excluding hydrogens is 274 g/mol. The zero-order chi connectivity index (χ0) is 15.0. The van der Waals surface area contributed by atoms with Crippen LogP contribution in [0.15, 0.2) is 24.3 Å². The summed E-state index contributed by atoms with van der Waals surface area (Å²) in [4.78, 5) is 11.9. The molecule has 1 amide bonds. The Kier molecular flexibility index (Phi) is 6.99. The monoisotopic (exact) mass is 293 g/mol. The third-order valence-corrected chi connectivity index (χ3v) is 4.03. The van der Waals surface area contributed by atoms with E-state index in [2.05, 4.69) is 17.2 Å². The summed E-state index contributed by atoms with van der Waals surface area (Å²) in [6.45, 7) is 2.26. The van der Waals surface area contributed by atoms with Crippen molar-refractivity contribution in [3.63, 3.8) is 0 Å². The summed E-state index contributed by atoms with van der Waals surface area (Å²) >= 11 is 0. The summed E-state index contributed by atoms with van der Waals surface area (Å²) in [7, 11) is -0.945. The van der Waals surface area contributed by atoms with Crippen LogP contribution >= 0.6 is 0 Å². The fraction of sp³-hybridized carbons (Fsp3) is 0.400. The van der Waals surface area contributed by atoms with Crippen molar-refractivity contribution in [3.05, 3.63) is 35.4 Å². The Hall–Kier alpha value is -1.64. The van der Waals surface area contributed by atoms with E-state index in [-0.39, 0.29) is 17.8 Å². The van der Waals surface area contributed by atoms with Crippen LogP contribution in [0.3, 0.4) is 0 Å². The number of aliphatic hydroxyl groups is 1. The first-order chi connectivity index (χ1) is 9.54. The molecule has 0 aliphatic carbocycles. The molecule has 2 unspecified atom stereocenters. The van der Waals surface area contributed by atoms with E-state index < -0.39 is 10.8 Å². The van der Waals surface area contributed by atoms with E-state index in [9.17, 15) is 9.00 Å². The van der Waals surface area contributed by atoms with E-state index in [1.54, 1.807) is 30.5 Å². The lowest BCUT2D eigenvalue weighted by Gasteiger charge is -2.09. The van der Waals surface area contributed by atoms with Gasteiger partial charge in [0.2, 0.25) is 0 Å². The summed E-state index contributed by atoms with van der Waals surface area (Å²) in [5, 5.41) is 11.3. The number of carbonyl (C=O) groups excluding carboxylic acids is 1. The lowest BCUT2D eigenvalue weighted by molar-refractivity contribution is 0.0954. The van der Waals surface area contributed by atoms with E-state index >= 15 is 0 Å². The Morgan fingerprint density at radius 2 is 2.05 bits per heavy atom. The van der Waals surface area contributed by atoms with Crippen molar-refractivity contribution >= 4 is 16.7 Å². The molecule has 5 heteroatoms. The Labute approximate surface area is 122 Å². The topological polar surface area (TPSA) is 66.4 Å². The minimum absolute atomic E-state index is 0.0461. The summed E-state index contributed by atoms with van der Waals surface area (Å²) < 4.78 is 11.2. The van der Waals surface area contributed by atoms with Crippen LogP contribution in [0.5, 0.6) is 0 Å². The van der Waals surface area contributed by atoms with Crippen molar-refractivity contribution in [3.8, 4) is 11.8 Å². The second kappa shape index (κ2) is 8.51. The molecule has 1 rings (SSSR count). The zero-order valence-electron chi connectivity index (χ0n) is 11.7. The molecule has 0 spiro atoms. The first kappa shape index (κ1) is 16.4. The Morgan fingerprint density at radius 3 is 2.60 bits per heavy atom. The number of aliphatic hydroxyl groups excluding tert-OH is 1. The number of rotatable bonds is 5. The summed E-state index contributed by atoms with van der Waals surface area (Å²) in [5.74, 6) is 5.53. The van der Waals surface area contributed by atoms with Crippen molar-refractivity contribution in [2.75, 3.05) is 19.4 Å². The van der Waals surface area contributed by atoms with Crippen LogP contribution in [-0.2, 0) is 10.8 Å². The average Bonchev–Trinajstić information content (AvgIpc) is 2.45. The number of benzene rings is 1. The minimum Gasteiger partial charge on any atom is -0.395 e. The minimum atomic E-state index is -0.945. The molecule has 0 radical (unpaired) electrons. The van der Waals surface area contributed by atoms with Gasteiger partial charge in [0, 0.05) is 46.4 Å². The molecule has 0 aliphatic heterocycles. The second-order valence-corrected chi connectivity index (χ2v) is 6.17. The fourth-order valence-corrected chi connectivity index (χ4v) is 1.70. The SMILES string of the molecule is CC(CNC(=O)c1ccc(C#CCCO)cc1)S(C)=O. The molecule has 1 aromatic carbocycles. The van der Waals surface area contributed by atoms with Crippen LogP contribution in [0.1, 0.15) is 29.3 Å². The average molecular weight is 293 g/mol. The molecular formula is C15H19NO3S. The van der Waals surface area contributed by atoms with E-state index in [0.29, 0.717) is 18.5 Å². The van der Waals surface area contributed by atoms with Crippen LogP contribution < -0.4 is 5.32 Å². The van der Waals surface area contributed by atoms with Gasteiger partial charge in [-0.1, -0.05) is 11.8 Å². The van der Waals surface area contributed by atoms with Crippen LogP contribution in [0, 0.1) is 11.8 Å². The van der Waals surface area contributed by atoms with Crippen molar-refractivity contribution in [2.45, 2.75) is 18.6 Å². The maximum Gasteiger partial charge on any atom is 0.251 e. The highest BCUT2D eigenvalue weighted by Gasteiger charge is 2.09. The highest BCUT2D eigenvalue weighted by molar-refractivity contribution is 7.84. The molecule has 2 N–H and O–H groups in total. The number of hydrogen-bond donors (Lipinski definition) is 2. The molecule has 0 saturated heterocycles. The van der Waals surface area contributed by atoms with Crippen LogP contribution in [0.25, 0.3) is 0 Å². The molecule has 0 aliphatic rings. The van der Waals surface area contributed by atoms with E-state index in [0.717, 1.165) is 5.56 Å². The van der Waals surface area contributed by atoms with Gasteiger partial charge in [-0.15, -0.1) is 0 Å². The molecule has 0 bridgehead atoms. The molecule has 0 heterocycles. The van der Waals surface area contributed by atoms with Crippen molar-refractivity contribution < 1.29 is 14.1 Å². The Bertz CT molecular complexity index is 528. The van der Waals surface area contributed by atoms with Crippen molar-refractivity contribution in [2.24, 2.45) is 0 Å². The molecule has 108 valence electrons. The molecule has 4 nitrogen and oxygen atoms in total. The normalized spacial score (nSPS) is 12.9. The van der Waals surface area contributed by atoms with Gasteiger partial charge >= 0.3 is 0 Å². The predicted molar refractivity (Wildman–Crippen MR) is 80.9 cm³/mol. The molecule has 0 saturated carbocycles. The van der Waals surface area contributed by atoms with Crippen molar-refractivity contribution in [1.82, 2.24) is 5.32 Å². The second-order valence-electron chi connectivity index (χ2n) is 4.37. The summed E-state index contributed by atoms with van der Waals surface area (Å²) in [6, 6.07) is 6.93. The Morgan fingerprint density at radius 1 is 1.40 bits per heavy atom. The highest BCUT2D eigenvalue weighted by Crippen LogP contribution is 2.03. The molecule has 2 atom stereocenters. The third kappa shape index (κ3) is 5.55.